The van der Waals surface area contributed by atoms with Crippen LogP contribution in [0, 0.1) is 0 Å². The van der Waals surface area contributed by atoms with E-state index in [-0.39, 0.29) is 24.4 Å². The van der Waals surface area contributed by atoms with Gasteiger partial charge in [0.1, 0.15) is 12.1 Å². The van der Waals surface area contributed by atoms with Crippen molar-refractivity contribution < 1.29 is 14.4 Å². The molecule has 2 N–H and O–H groups in total. The Morgan fingerprint density at radius 3 is 2.17 bits per heavy atom. The van der Waals surface area contributed by atoms with Gasteiger partial charge in [-0.1, -0.05) is 60.7 Å². The fourth-order valence-corrected chi connectivity index (χ4v) is 3.66. The molecule has 2 aromatic carbocycles. The first-order chi connectivity index (χ1) is 14.4. The average Bonchev–Trinajstić information content (AvgIpc) is 2.95. The van der Waals surface area contributed by atoms with Crippen LogP contribution in [0.2, 0.25) is 0 Å². The van der Waals surface area contributed by atoms with Crippen LogP contribution in [0.3, 0.4) is 0 Å². The van der Waals surface area contributed by atoms with Gasteiger partial charge in [0, 0.05) is 6.04 Å². The van der Waals surface area contributed by atoms with E-state index in [4.69, 9.17) is 0 Å². The van der Waals surface area contributed by atoms with E-state index in [1.807, 2.05) is 55.5 Å². The van der Waals surface area contributed by atoms with Gasteiger partial charge in [-0.3, -0.25) is 14.5 Å². The van der Waals surface area contributed by atoms with Gasteiger partial charge in [0.2, 0.25) is 5.91 Å². The number of carbonyl (C=O) groups excluding carboxylic acids is 3. The summed E-state index contributed by atoms with van der Waals surface area (Å²) in [5.74, 6) is -0.679. The summed E-state index contributed by atoms with van der Waals surface area (Å²) in [7, 11) is 0. The standard InChI is InChI=1S/C24H29N3O3/c1-18(13-14-19-9-5-3-6-10-19)25-21(28)17-27-22(29)24(2,26-23(27)30)16-15-20-11-7-4-8-12-20/h3-12,18H,13-17H2,1-2H3,(H,25,28)(H,26,30)/t18-,24-/m0/s1. The van der Waals surface area contributed by atoms with Crippen LogP contribution < -0.4 is 10.6 Å². The first kappa shape index (κ1) is 21.6. The number of aryl methyl sites for hydroxylation is 2. The van der Waals surface area contributed by atoms with Crippen LogP contribution in [0.4, 0.5) is 4.79 Å². The van der Waals surface area contributed by atoms with E-state index in [0.717, 1.165) is 23.3 Å². The molecule has 1 heterocycles. The Morgan fingerprint density at radius 2 is 1.57 bits per heavy atom. The Bertz CT molecular complexity index is 885. The molecule has 1 saturated heterocycles. The number of rotatable bonds is 9. The van der Waals surface area contributed by atoms with Crippen LogP contribution in [-0.2, 0) is 22.4 Å². The predicted octanol–water partition coefficient (Wildman–Crippen LogP) is 3.07. The maximum Gasteiger partial charge on any atom is 0.325 e. The molecule has 0 unspecified atom stereocenters. The number of carbonyl (C=O) groups is 3. The molecule has 2 aromatic rings. The average molecular weight is 408 g/mol. The highest BCUT2D eigenvalue weighted by Gasteiger charge is 2.47. The summed E-state index contributed by atoms with van der Waals surface area (Å²) in [5, 5.41) is 5.65. The molecule has 0 bridgehead atoms. The number of nitrogens with zero attached hydrogens (tertiary/aromatic N) is 1. The molecule has 0 aliphatic carbocycles. The fourth-order valence-electron chi connectivity index (χ4n) is 3.66. The third-order valence-electron chi connectivity index (χ3n) is 5.52. The van der Waals surface area contributed by atoms with E-state index < -0.39 is 11.6 Å². The van der Waals surface area contributed by atoms with Gasteiger partial charge in [-0.2, -0.15) is 0 Å². The number of imide groups is 1. The Balaban J connectivity index is 1.49. The van der Waals surface area contributed by atoms with Crippen molar-refractivity contribution in [2.75, 3.05) is 6.54 Å². The van der Waals surface area contributed by atoms with Gasteiger partial charge < -0.3 is 10.6 Å². The normalized spacial score (nSPS) is 19.5. The summed E-state index contributed by atoms with van der Waals surface area (Å²) >= 11 is 0. The highest BCUT2D eigenvalue weighted by Crippen LogP contribution is 2.23. The molecular formula is C24H29N3O3. The molecule has 30 heavy (non-hydrogen) atoms. The first-order valence-corrected chi connectivity index (χ1v) is 10.4. The van der Waals surface area contributed by atoms with Gasteiger partial charge in [0.05, 0.1) is 0 Å². The highest BCUT2D eigenvalue weighted by molar-refractivity contribution is 6.08. The van der Waals surface area contributed by atoms with Crippen LogP contribution in [-0.4, -0.2) is 40.9 Å². The number of urea groups is 1. The van der Waals surface area contributed by atoms with Gasteiger partial charge >= 0.3 is 6.03 Å². The van der Waals surface area contributed by atoms with Crippen LogP contribution in [0.5, 0.6) is 0 Å². The fraction of sp³-hybridized carbons (Fsp3) is 0.375. The monoisotopic (exact) mass is 407 g/mol. The molecule has 158 valence electrons. The SMILES string of the molecule is C[C@@H](CCc1ccccc1)NC(=O)CN1C(=O)N[C@@](C)(CCc2ccccc2)C1=O. The van der Waals surface area contributed by atoms with Crippen molar-refractivity contribution in [3.8, 4) is 0 Å². The van der Waals surface area contributed by atoms with E-state index in [2.05, 4.69) is 22.8 Å². The third kappa shape index (κ3) is 5.47. The van der Waals surface area contributed by atoms with Crippen molar-refractivity contribution in [2.24, 2.45) is 0 Å². The summed E-state index contributed by atoms with van der Waals surface area (Å²) in [5.41, 5.74) is 1.32. The van der Waals surface area contributed by atoms with E-state index in [9.17, 15) is 14.4 Å². The molecule has 1 fully saturated rings. The number of nitrogens with one attached hydrogen (secondary N) is 2. The molecule has 3 rings (SSSR count). The van der Waals surface area contributed by atoms with Gasteiger partial charge in [-0.25, -0.2) is 4.79 Å². The zero-order chi connectivity index (χ0) is 21.6. The minimum atomic E-state index is -0.994. The number of benzene rings is 2. The van der Waals surface area contributed by atoms with Crippen LogP contribution in [0.15, 0.2) is 60.7 Å². The molecular weight excluding hydrogens is 378 g/mol. The molecule has 0 radical (unpaired) electrons. The van der Waals surface area contributed by atoms with Crippen molar-refractivity contribution in [3.63, 3.8) is 0 Å². The quantitative estimate of drug-likeness (QED) is 0.627. The van der Waals surface area contributed by atoms with Gasteiger partial charge in [-0.05, 0) is 50.7 Å². The summed E-state index contributed by atoms with van der Waals surface area (Å²) in [6, 6.07) is 19.3. The molecule has 1 aliphatic rings. The Labute approximate surface area is 177 Å². The van der Waals surface area contributed by atoms with E-state index in [1.54, 1.807) is 6.92 Å². The maximum atomic E-state index is 12.9. The Kier molecular flexibility index (Phi) is 6.87. The minimum absolute atomic E-state index is 0.0528. The van der Waals surface area contributed by atoms with Crippen molar-refractivity contribution in [2.45, 2.75) is 51.1 Å². The molecule has 0 aromatic heterocycles. The Hall–Kier alpha value is -3.15. The second-order valence-corrected chi connectivity index (χ2v) is 8.13. The van der Waals surface area contributed by atoms with Crippen molar-refractivity contribution >= 4 is 17.8 Å². The largest absolute Gasteiger partial charge is 0.352 e. The number of amides is 4. The van der Waals surface area contributed by atoms with Crippen LogP contribution in [0.1, 0.15) is 37.8 Å². The predicted molar refractivity (Wildman–Crippen MR) is 116 cm³/mol. The van der Waals surface area contributed by atoms with Crippen LogP contribution >= 0.6 is 0 Å². The highest BCUT2D eigenvalue weighted by atomic mass is 16.2. The molecule has 0 saturated carbocycles. The number of hydrogen-bond acceptors (Lipinski definition) is 3. The molecule has 4 amide bonds. The van der Waals surface area contributed by atoms with E-state index in [1.165, 1.54) is 5.56 Å². The molecule has 6 nitrogen and oxygen atoms in total. The van der Waals surface area contributed by atoms with Gasteiger partial charge in [-0.15, -0.1) is 0 Å². The lowest BCUT2D eigenvalue weighted by atomic mass is 9.93. The summed E-state index contributed by atoms with van der Waals surface area (Å²) in [4.78, 5) is 38.6. The van der Waals surface area contributed by atoms with Crippen molar-refractivity contribution in [1.82, 2.24) is 15.5 Å². The maximum absolute atomic E-state index is 12.9. The zero-order valence-corrected chi connectivity index (χ0v) is 17.6. The Morgan fingerprint density at radius 1 is 1.00 bits per heavy atom. The number of hydrogen-bond donors (Lipinski definition) is 2. The minimum Gasteiger partial charge on any atom is -0.352 e. The summed E-state index contributed by atoms with van der Waals surface area (Å²) in [6.45, 7) is 3.38. The summed E-state index contributed by atoms with van der Waals surface area (Å²) < 4.78 is 0. The zero-order valence-electron chi connectivity index (χ0n) is 17.6. The third-order valence-corrected chi connectivity index (χ3v) is 5.52. The van der Waals surface area contributed by atoms with Gasteiger partial charge in [0.25, 0.3) is 5.91 Å². The summed E-state index contributed by atoms with van der Waals surface area (Å²) in [6.07, 6.45) is 2.78. The molecule has 6 heteroatoms. The molecule has 1 aliphatic heterocycles. The van der Waals surface area contributed by atoms with E-state index >= 15 is 0 Å². The smallest absolute Gasteiger partial charge is 0.325 e. The molecule has 0 spiro atoms. The van der Waals surface area contributed by atoms with Crippen molar-refractivity contribution in [1.29, 1.82) is 0 Å². The lowest BCUT2D eigenvalue weighted by Gasteiger charge is -2.22. The van der Waals surface area contributed by atoms with E-state index in [0.29, 0.717) is 12.8 Å². The topological polar surface area (TPSA) is 78.5 Å². The lowest BCUT2D eigenvalue weighted by molar-refractivity contribution is -0.134. The van der Waals surface area contributed by atoms with Gasteiger partial charge in [0.15, 0.2) is 0 Å². The first-order valence-electron chi connectivity index (χ1n) is 10.4. The van der Waals surface area contributed by atoms with Crippen LogP contribution in [0.25, 0.3) is 0 Å². The molecule has 2 atom stereocenters. The second-order valence-electron chi connectivity index (χ2n) is 8.13. The second kappa shape index (κ2) is 9.57. The lowest BCUT2D eigenvalue weighted by Crippen LogP contribution is -2.46. The van der Waals surface area contributed by atoms with Crippen molar-refractivity contribution in [3.05, 3.63) is 71.8 Å².